The molecule has 0 spiro atoms. The molecule has 8 heteroatoms. The first-order chi connectivity index (χ1) is 12.9. The summed E-state index contributed by atoms with van der Waals surface area (Å²) in [6.45, 7) is 2.41. The number of benzene rings is 2. The topological polar surface area (TPSA) is 54.9 Å². The monoisotopic (exact) mass is 465 g/mol. The largest absolute Gasteiger partial charge is 0.346 e. The Hall–Kier alpha value is -2.09. The van der Waals surface area contributed by atoms with Gasteiger partial charge in [0.15, 0.2) is 5.01 Å². The molecule has 2 aromatic carbocycles. The van der Waals surface area contributed by atoms with Crippen molar-refractivity contribution in [3.63, 3.8) is 0 Å². The average molecular weight is 467 g/mol. The Balaban J connectivity index is 1.67. The van der Waals surface area contributed by atoms with E-state index in [1.54, 1.807) is 18.2 Å². The molecule has 1 aromatic heterocycles. The third-order valence-electron chi connectivity index (χ3n) is 3.63. The normalized spacial score (nSPS) is 11.5. The van der Waals surface area contributed by atoms with Crippen LogP contribution in [-0.4, -0.2) is 16.1 Å². The number of amides is 1. The summed E-state index contributed by atoms with van der Waals surface area (Å²) in [5.74, 6) is -0.667. The van der Waals surface area contributed by atoms with Crippen LogP contribution in [0, 0.1) is 12.7 Å². The van der Waals surface area contributed by atoms with Crippen molar-refractivity contribution >= 4 is 55.9 Å². The van der Waals surface area contributed by atoms with E-state index in [0.717, 1.165) is 22.5 Å². The van der Waals surface area contributed by atoms with E-state index < -0.39 is 0 Å². The molecule has 0 aliphatic rings. The summed E-state index contributed by atoms with van der Waals surface area (Å²) < 4.78 is 13.6. The van der Waals surface area contributed by atoms with Crippen molar-refractivity contribution in [3.8, 4) is 0 Å². The highest BCUT2D eigenvalue weighted by Crippen LogP contribution is 2.27. The first-order valence-electron chi connectivity index (χ1n) is 7.92. The summed E-state index contributed by atoms with van der Waals surface area (Å²) in [6.07, 6.45) is 1.64. The van der Waals surface area contributed by atoms with Crippen LogP contribution in [0.15, 0.2) is 46.9 Å². The van der Waals surface area contributed by atoms with E-state index in [1.165, 1.54) is 6.07 Å². The van der Waals surface area contributed by atoms with E-state index in [-0.39, 0.29) is 16.7 Å². The summed E-state index contributed by atoms with van der Waals surface area (Å²) in [7, 11) is 0. The van der Waals surface area contributed by atoms with E-state index in [4.69, 9.17) is 11.6 Å². The molecule has 1 amide bonds. The van der Waals surface area contributed by atoms with Crippen molar-refractivity contribution in [1.82, 2.24) is 15.5 Å². The van der Waals surface area contributed by atoms with Gasteiger partial charge < -0.3 is 5.32 Å². The van der Waals surface area contributed by atoms with Gasteiger partial charge in [-0.2, -0.15) is 0 Å². The van der Waals surface area contributed by atoms with E-state index >= 15 is 0 Å². The van der Waals surface area contributed by atoms with E-state index in [1.807, 2.05) is 31.2 Å². The van der Waals surface area contributed by atoms with Gasteiger partial charge in [0.05, 0.1) is 9.51 Å². The Morgan fingerprint density at radius 3 is 2.63 bits per heavy atom. The van der Waals surface area contributed by atoms with Crippen LogP contribution in [0.4, 0.5) is 4.39 Å². The predicted octanol–water partition coefficient (Wildman–Crippen LogP) is 5.42. The Morgan fingerprint density at radius 2 is 1.93 bits per heavy atom. The number of hydrogen-bond donors (Lipinski definition) is 1. The third-order valence-corrected chi connectivity index (χ3v) is 5.60. The maximum Gasteiger partial charge on any atom is 0.282 e. The second-order valence-corrected chi connectivity index (χ2v) is 7.99. The van der Waals surface area contributed by atoms with Gasteiger partial charge in [0, 0.05) is 6.54 Å². The molecule has 1 heterocycles. The standard InChI is InChI=1S/C19H14BrClFN3OS/c1-11-2-4-12(5-3-11)10-23-17(26)19-25-24-18(27-19)15(21)9-13-6-7-16(22)14(20)8-13/h2-9H,10H2,1H3,(H,23,26)/b15-9-. The quantitative estimate of drug-likeness (QED) is 0.546. The van der Waals surface area contributed by atoms with Crippen molar-refractivity contribution in [2.75, 3.05) is 0 Å². The zero-order valence-electron chi connectivity index (χ0n) is 14.2. The van der Waals surface area contributed by atoms with Crippen LogP contribution in [0.5, 0.6) is 0 Å². The number of aryl methyl sites for hydroxylation is 1. The molecule has 0 unspecified atom stereocenters. The highest BCUT2D eigenvalue weighted by atomic mass is 79.9. The molecule has 0 radical (unpaired) electrons. The Kier molecular flexibility index (Phi) is 6.36. The van der Waals surface area contributed by atoms with Crippen molar-refractivity contribution in [2.45, 2.75) is 13.5 Å². The van der Waals surface area contributed by atoms with Gasteiger partial charge in [-0.3, -0.25) is 4.79 Å². The average Bonchev–Trinajstić information content (AvgIpc) is 3.14. The molecule has 1 N–H and O–H groups in total. The SMILES string of the molecule is Cc1ccc(CNC(=O)c2nnc(/C(Cl)=C/c3ccc(F)c(Br)c3)s2)cc1. The predicted molar refractivity (Wildman–Crippen MR) is 110 cm³/mol. The first-order valence-corrected chi connectivity index (χ1v) is 9.91. The van der Waals surface area contributed by atoms with Gasteiger partial charge in [0.1, 0.15) is 5.82 Å². The van der Waals surface area contributed by atoms with Gasteiger partial charge in [0.25, 0.3) is 5.91 Å². The number of aromatic nitrogens is 2. The summed E-state index contributed by atoms with van der Waals surface area (Å²) in [5, 5.41) is 11.6. The maximum atomic E-state index is 13.3. The molecule has 0 aliphatic heterocycles. The van der Waals surface area contributed by atoms with Crippen molar-refractivity contribution in [2.24, 2.45) is 0 Å². The zero-order chi connectivity index (χ0) is 19.4. The molecule has 0 saturated carbocycles. The molecule has 3 aromatic rings. The minimum absolute atomic E-state index is 0.226. The number of carbonyl (C=O) groups is 1. The van der Waals surface area contributed by atoms with E-state index in [2.05, 4.69) is 31.4 Å². The second kappa shape index (κ2) is 8.73. The van der Waals surface area contributed by atoms with Crippen LogP contribution < -0.4 is 5.32 Å². The molecule has 138 valence electrons. The fourth-order valence-electron chi connectivity index (χ4n) is 2.19. The molecule has 0 fully saturated rings. The Bertz CT molecular complexity index is 1000. The molecule has 27 heavy (non-hydrogen) atoms. The lowest BCUT2D eigenvalue weighted by Gasteiger charge is -2.03. The highest BCUT2D eigenvalue weighted by Gasteiger charge is 2.14. The number of carbonyl (C=O) groups excluding carboxylic acids is 1. The molecule has 4 nitrogen and oxygen atoms in total. The summed E-state index contributed by atoms with van der Waals surface area (Å²) in [4.78, 5) is 12.2. The highest BCUT2D eigenvalue weighted by molar-refractivity contribution is 9.10. The summed E-state index contributed by atoms with van der Waals surface area (Å²) in [5.41, 5.74) is 2.86. The van der Waals surface area contributed by atoms with Gasteiger partial charge >= 0.3 is 0 Å². The number of nitrogens with one attached hydrogen (secondary N) is 1. The Labute approximate surface area is 173 Å². The van der Waals surface area contributed by atoms with E-state index in [0.29, 0.717) is 26.6 Å². The van der Waals surface area contributed by atoms with Gasteiger partial charge in [-0.15, -0.1) is 10.2 Å². The van der Waals surface area contributed by atoms with Gasteiger partial charge in [-0.1, -0.05) is 58.8 Å². The lowest BCUT2D eigenvalue weighted by molar-refractivity contribution is 0.0950. The minimum Gasteiger partial charge on any atom is -0.346 e. The smallest absolute Gasteiger partial charge is 0.282 e. The van der Waals surface area contributed by atoms with Crippen LogP contribution in [-0.2, 0) is 6.54 Å². The fourth-order valence-corrected chi connectivity index (χ4v) is 3.53. The molecule has 3 rings (SSSR count). The van der Waals surface area contributed by atoms with Crippen LogP contribution in [0.25, 0.3) is 11.1 Å². The van der Waals surface area contributed by atoms with Crippen molar-refractivity contribution < 1.29 is 9.18 Å². The van der Waals surface area contributed by atoms with E-state index in [9.17, 15) is 9.18 Å². The number of rotatable bonds is 5. The number of hydrogen-bond acceptors (Lipinski definition) is 4. The molecular formula is C19H14BrClFN3OS. The van der Waals surface area contributed by atoms with Crippen molar-refractivity contribution in [3.05, 3.63) is 79.5 Å². The lowest BCUT2D eigenvalue weighted by Crippen LogP contribution is -2.22. The van der Waals surface area contributed by atoms with Crippen LogP contribution in [0.2, 0.25) is 0 Å². The fraction of sp³-hybridized carbons (Fsp3) is 0.105. The third kappa shape index (κ3) is 5.22. The first kappa shape index (κ1) is 19.7. The minimum atomic E-state index is -0.355. The Morgan fingerprint density at radius 1 is 1.22 bits per heavy atom. The van der Waals surface area contributed by atoms with Gasteiger partial charge in [-0.25, -0.2) is 4.39 Å². The molecular weight excluding hydrogens is 453 g/mol. The number of nitrogens with zero attached hydrogens (tertiary/aromatic N) is 2. The van der Waals surface area contributed by atoms with Gasteiger partial charge in [-0.05, 0) is 52.2 Å². The van der Waals surface area contributed by atoms with Crippen LogP contribution >= 0.6 is 38.9 Å². The molecule has 0 aliphatic carbocycles. The summed E-state index contributed by atoms with van der Waals surface area (Å²) >= 11 is 10.5. The lowest BCUT2D eigenvalue weighted by atomic mass is 10.1. The summed E-state index contributed by atoms with van der Waals surface area (Å²) in [6, 6.07) is 12.4. The molecule has 0 atom stereocenters. The van der Waals surface area contributed by atoms with Crippen LogP contribution in [0.3, 0.4) is 0 Å². The molecule has 0 bridgehead atoms. The second-order valence-electron chi connectivity index (χ2n) is 5.75. The maximum absolute atomic E-state index is 13.3. The number of halogens is 3. The van der Waals surface area contributed by atoms with Crippen LogP contribution in [0.1, 0.15) is 31.5 Å². The molecule has 0 saturated heterocycles. The van der Waals surface area contributed by atoms with Crippen molar-refractivity contribution in [1.29, 1.82) is 0 Å². The zero-order valence-corrected chi connectivity index (χ0v) is 17.3. The van der Waals surface area contributed by atoms with Gasteiger partial charge in [0.2, 0.25) is 5.01 Å².